The van der Waals surface area contributed by atoms with Gasteiger partial charge in [0.2, 0.25) is 0 Å². The molecule has 1 aliphatic carbocycles. The van der Waals surface area contributed by atoms with Crippen LogP contribution in [0, 0.1) is 11.3 Å². The van der Waals surface area contributed by atoms with Gasteiger partial charge >= 0.3 is 0 Å². The molecule has 0 bridgehead atoms. The average Bonchev–Trinajstić information content (AvgIpc) is 2.91. The van der Waals surface area contributed by atoms with E-state index >= 15 is 0 Å². The molecule has 4 aromatic rings. The lowest BCUT2D eigenvalue weighted by Crippen LogP contribution is -2.41. The fourth-order valence-corrected chi connectivity index (χ4v) is 6.05. The molecule has 1 aliphatic heterocycles. The number of fused-ring (bicyclic) bond motifs is 2. The Hall–Kier alpha value is -4.07. The van der Waals surface area contributed by atoms with Crippen molar-refractivity contribution in [2.75, 3.05) is 4.90 Å². The number of rotatable bonds is 3. The van der Waals surface area contributed by atoms with Gasteiger partial charge in [-0.15, -0.1) is 11.8 Å². The van der Waals surface area contributed by atoms with Gasteiger partial charge in [0, 0.05) is 28.5 Å². The van der Waals surface area contributed by atoms with E-state index in [0.29, 0.717) is 10.8 Å². The molecule has 1 aromatic heterocycles. The zero-order valence-corrected chi connectivity index (χ0v) is 19.2. The second-order valence-corrected chi connectivity index (χ2v) is 9.53. The first-order valence-corrected chi connectivity index (χ1v) is 12.2. The predicted octanol–water partition coefficient (Wildman–Crippen LogP) is 7.39. The maximum absolute atomic E-state index is 9.66. The van der Waals surface area contributed by atoms with Crippen molar-refractivity contribution in [1.82, 2.24) is 4.98 Å². The summed E-state index contributed by atoms with van der Waals surface area (Å²) >= 11 is 1.93. The molecular weight excluding hydrogens is 434 g/mol. The van der Waals surface area contributed by atoms with Crippen molar-refractivity contribution < 1.29 is 0 Å². The van der Waals surface area contributed by atoms with E-state index in [4.69, 9.17) is 0 Å². The van der Waals surface area contributed by atoms with Crippen molar-refractivity contribution in [3.63, 3.8) is 0 Å². The molecule has 2 heterocycles. The topological polar surface area (TPSA) is 39.9 Å². The minimum Gasteiger partial charge on any atom is -0.332 e. The Bertz CT molecular complexity index is 1480. The quantitative estimate of drug-likeness (QED) is 0.323. The Balaban J connectivity index is 1.49. The van der Waals surface area contributed by atoms with E-state index in [0.717, 1.165) is 27.9 Å². The summed E-state index contributed by atoms with van der Waals surface area (Å²) < 4.78 is 0. The molecule has 2 aliphatic rings. The molecule has 6 rings (SSSR count). The minimum atomic E-state index is 0.249. The smallest absolute Gasteiger partial charge is 0.0999 e. The Labute approximate surface area is 203 Å². The van der Waals surface area contributed by atoms with Crippen molar-refractivity contribution in [1.29, 1.82) is 5.26 Å². The number of hydrogen-bond donors (Lipinski definition) is 0. The second kappa shape index (κ2) is 8.70. The van der Waals surface area contributed by atoms with Gasteiger partial charge in [-0.05, 0) is 47.0 Å². The lowest BCUT2D eigenvalue weighted by molar-refractivity contribution is 0.778. The summed E-state index contributed by atoms with van der Waals surface area (Å²) in [6.45, 7) is 0. The van der Waals surface area contributed by atoms with Crippen LogP contribution in [-0.2, 0) is 0 Å². The summed E-state index contributed by atoms with van der Waals surface area (Å²) in [6, 6.07) is 29.9. The molecule has 0 fully saturated rings. The molecule has 0 saturated heterocycles. The normalized spacial score (nSPS) is 18.1. The number of para-hydroxylation sites is 1. The fraction of sp³-hybridized carbons (Fsp3) is 0.0667. The first-order valence-electron chi connectivity index (χ1n) is 11.3. The first kappa shape index (κ1) is 20.5. The van der Waals surface area contributed by atoms with Crippen LogP contribution in [0.15, 0.2) is 120 Å². The second-order valence-electron chi connectivity index (χ2n) is 8.31. The standard InChI is InChI=1S/C30H21N3S/c31-19-22-16-17-32-20-26(22)25-11-2-1-10-24(25)21-8-7-9-23(18-21)33-27-12-3-5-14-29(27)34-30-15-6-4-13-28(30)33/h1-18,20,27,29H. The largest absolute Gasteiger partial charge is 0.332 e. The number of pyridine rings is 1. The van der Waals surface area contributed by atoms with Gasteiger partial charge < -0.3 is 4.90 Å². The van der Waals surface area contributed by atoms with Gasteiger partial charge in [0.05, 0.1) is 28.6 Å². The Morgan fingerprint density at radius 1 is 0.824 bits per heavy atom. The average molecular weight is 456 g/mol. The number of nitriles is 1. The summed E-state index contributed by atoms with van der Waals surface area (Å²) in [4.78, 5) is 8.04. The molecule has 2 atom stereocenters. The first-order chi connectivity index (χ1) is 16.8. The Morgan fingerprint density at radius 2 is 1.65 bits per heavy atom. The number of hydrogen-bond acceptors (Lipinski definition) is 4. The number of thioether (sulfide) groups is 1. The number of aromatic nitrogens is 1. The predicted molar refractivity (Wildman–Crippen MR) is 140 cm³/mol. The molecule has 34 heavy (non-hydrogen) atoms. The molecule has 0 spiro atoms. The maximum Gasteiger partial charge on any atom is 0.0999 e. The lowest BCUT2D eigenvalue weighted by Gasteiger charge is -2.42. The van der Waals surface area contributed by atoms with Gasteiger partial charge in [0.15, 0.2) is 0 Å². The van der Waals surface area contributed by atoms with E-state index in [2.05, 4.69) is 101 Å². The molecule has 4 heteroatoms. The van der Waals surface area contributed by atoms with Gasteiger partial charge in [-0.25, -0.2) is 0 Å². The number of allylic oxidation sites excluding steroid dienone is 2. The van der Waals surface area contributed by atoms with Gasteiger partial charge in [-0.3, -0.25) is 4.98 Å². The highest BCUT2D eigenvalue weighted by atomic mass is 32.2. The van der Waals surface area contributed by atoms with Crippen molar-refractivity contribution >= 4 is 23.1 Å². The van der Waals surface area contributed by atoms with Crippen molar-refractivity contribution in [3.05, 3.63) is 121 Å². The third-order valence-corrected chi connectivity index (χ3v) is 7.64. The van der Waals surface area contributed by atoms with Gasteiger partial charge in [-0.2, -0.15) is 5.26 Å². The number of anilines is 2. The zero-order valence-electron chi connectivity index (χ0n) is 18.4. The third-order valence-electron chi connectivity index (χ3n) is 6.34. The molecular formula is C30H21N3S. The number of benzene rings is 3. The maximum atomic E-state index is 9.66. The highest BCUT2D eigenvalue weighted by Crippen LogP contribution is 2.47. The molecule has 0 saturated carbocycles. The van der Waals surface area contributed by atoms with E-state index in [9.17, 15) is 5.26 Å². The van der Waals surface area contributed by atoms with Crippen LogP contribution in [0.3, 0.4) is 0 Å². The van der Waals surface area contributed by atoms with Crippen molar-refractivity contribution in [2.45, 2.75) is 16.2 Å². The summed E-state index contributed by atoms with van der Waals surface area (Å²) in [5.41, 5.74) is 7.08. The minimum absolute atomic E-state index is 0.249. The Kier molecular flexibility index (Phi) is 5.25. The third kappa shape index (κ3) is 3.51. The molecule has 2 unspecified atom stereocenters. The van der Waals surface area contributed by atoms with Crippen molar-refractivity contribution in [2.24, 2.45) is 0 Å². The van der Waals surface area contributed by atoms with E-state index in [1.165, 1.54) is 10.6 Å². The van der Waals surface area contributed by atoms with Crippen LogP contribution in [0.25, 0.3) is 22.3 Å². The van der Waals surface area contributed by atoms with Crippen LogP contribution in [0.1, 0.15) is 5.56 Å². The molecule has 3 aromatic carbocycles. The van der Waals surface area contributed by atoms with Crippen LogP contribution >= 0.6 is 11.8 Å². The number of nitrogens with zero attached hydrogens (tertiary/aromatic N) is 3. The van der Waals surface area contributed by atoms with E-state index in [1.807, 2.05) is 23.9 Å². The van der Waals surface area contributed by atoms with Crippen LogP contribution in [0.2, 0.25) is 0 Å². The van der Waals surface area contributed by atoms with Crippen LogP contribution < -0.4 is 4.90 Å². The van der Waals surface area contributed by atoms with E-state index < -0.39 is 0 Å². The molecule has 162 valence electrons. The summed E-state index contributed by atoms with van der Waals surface area (Å²) in [7, 11) is 0. The highest BCUT2D eigenvalue weighted by Gasteiger charge is 2.33. The van der Waals surface area contributed by atoms with Crippen LogP contribution in [0.4, 0.5) is 11.4 Å². The highest BCUT2D eigenvalue weighted by molar-refractivity contribution is 8.00. The molecule has 0 amide bonds. The Morgan fingerprint density at radius 3 is 2.56 bits per heavy atom. The molecule has 0 radical (unpaired) electrons. The van der Waals surface area contributed by atoms with Gasteiger partial charge in [0.1, 0.15) is 0 Å². The fourth-order valence-electron chi connectivity index (χ4n) is 4.79. The van der Waals surface area contributed by atoms with Crippen molar-refractivity contribution in [3.8, 4) is 28.3 Å². The molecule has 3 nitrogen and oxygen atoms in total. The monoisotopic (exact) mass is 455 g/mol. The lowest BCUT2D eigenvalue weighted by atomic mass is 9.92. The molecule has 0 N–H and O–H groups in total. The summed E-state index contributed by atoms with van der Waals surface area (Å²) in [6.07, 6.45) is 12.3. The summed E-state index contributed by atoms with van der Waals surface area (Å²) in [5.74, 6) is 0. The zero-order chi connectivity index (χ0) is 22.9. The van der Waals surface area contributed by atoms with E-state index in [1.54, 1.807) is 18.5 Å². The van der Waals surface area contributed by atoms with E-state index in [-0.39, 0.29) is 6.04 Å². The SMILES string of the molecule is N#Cc1ccncc1-c1ccccc1-c1cccc(N2c3ccccc3SC3C=CC=CC32)c1. The van der Waals surface area contributed by atoms with Gasteiger partial charge in [-0.1, -0.05) is 72.8 Å². The van der Waals surface area contributed by atoms with Crippen LogP contribution in [0.5, 0.6) is 0 Å². The van der Waals surface area contributed by atoms with Gasteiger partial charge in [0.25, 0.3) is 0 Å². The summed E-state index contributed by atoms with van der Waals surface area (Å²) in [5, 5.41) is 10.0. The van der Waals surface area contributed by atoms with Crippen LogP contribution in [-0.4, -0.2) is 16.3 Å².